The standard InChI is InChI=1S/C26H29NO/c1-3-26(24-15-10-16-25(28)17-24)21(2)18-27(19-22-11-6-4-7-12-22)20-23-13-8-5-9-14-23/h3-17,21,26,28H,1,18-20H2,2H3/t21-,26+/m0/s1. The van der Waals surface area contributed by atoms with Crippen LogP contribution >= 0.6 is 0 Å². The summed E-state index contributed by atoms with van der Waals surface area (Å²) in [5.74, 6) is 0.870. The molecule has 0 bridgehead atoms. The van der Waals surface area contributed by atoms with Crippen molar-refractivity contribution in [3.63, 3.8) is 0 Å². The topological polar surface area (TPSA) is 23.5 Å². The van der Waals surface area contributed by atoms with Crippen molar-refractivity contribution in [3.8, 4) is 5.75 Å². The first-order chi connectivity index (χ1) is 13.7. The SMILES string of the molecule is C=C[C@@H](c1cccc(O)c1)[C@@H](C)CN(Cc1ccccc1)Cc1ccccc1. The smallest absolute Gasteiger partial charge is 0.115 e. The largest absolute Gasteiger partial charge is 0.508 e. The second-order valence-corrected chi connectivity index (χ2v) is 7.47. The second-order valence-electron chi connectivity index (χ2n) is 7.47. The molecule has 0 spiro atoms. The van der Waals surface area contributed by atoms with E-state index in [4.69, 9.17) is 0 Å². The van der Waals surface area contributed by atoms with Crippen LogP contribution in [-0.2, 0) is 13.1 Å². The third kappa shape index (κ3) is 5.58. The van der Waals surface area contributed by atoms with Crippen LogP contribution < -0.4 is 0 Å². The summed E-state index contributed by atoms with van der Waals surface area (Å²) >= 11 is 0. The van der Waals surface area contributed by atoms with Crippen molar-refractivity contribution < 1.29 is 5.11 Å². The molecule has 0 amide bonds. The lowest BCUT2D eigenvalue weighted by atomic mass is 9.86. The van der Waals surface area contributed by atoms with E-state index in [-0.39, 0.29) is 5.92 Å². The molecule has 0 heterocycles. The van der Waals surface area contributed by atoms with Gasteiger partial charge < -0.3 is 5.11 Å². The van der Waals surface area contributed by atoms with Gasteiger partial charge in [-0.05, 0) is 34.7 Å². The highest BCUT2D eigenvalue weighted by atomic mass is 16.3. The van der Waals surface area contributed by atoms with Crippen molar-refractivity contribution >= 4 is 0 Å². The second kappa shape index (κ2) is 9.91. The first-order valence-electron chi connectivity index (χ1n) is 9.87. The Morgan fingerprint density at radius 3 is 1.93 bits per heavy atom. The predicted molar refractivity (Wildman–Crippen MR) is 117 cm³/mol. The first-order valence-corrected chi connectivity index (χ1v) is 9.87. The number of hydrogen-bond donors (Lipinski definition) is 1. The zero-order chi connectivity index (χ0) is 19.8. The number of phenols is 1. The minimum absolute atomic E-state index is 0.196. The molecule has 2 nitrogen and oxygen atoms in total. The maximum atomic E-state index is 9.87. The lowest BCUT2D eigenvalue weighted by Gasteiger charge is -2.29. The van der Waals surface area contributed by atoms with Crippen molar-refractivity contribution in [2.45, 2.75) is 25.9 Å². The van der Waals surface area contributed by atoms with Gasteiger partial charge in [-0.3, -0.25) is 4.90 Å². The molecule has 0 saturated heterocycles. The van der Waals surface area contributed by atoms with Gasteiger partial charge in [-0.1, -0.05) is 85.8 Å². The minimum Gasteiger partial charge on any atom is -0.508 e. The van der Waals surface area contributed by atoms with Crippen LogP contribution in [0, 0.1) is 5.92 Å². The van der Waals surface area contributed by atoms with E-state index in [0.717, 1.165) is 25.2 Å². The number of benzene rings is 3. The Kier molecular flexibility index (Phi) is 7.05. The number of phenolic OH excluding ortho intramolecular Hbond substituents is 1. The van der Waals surface area contributed by atoms with E-state index in [0.29, 0.717) is 11.7 Å². The maximum absolute atomic E-state index is 9.87. The maximum Gasteiger partial charge on any atom is 0.115 e. The fraction of sp³-hybridized carbons (Fsp3) is 0.231. The van der Waals surface area contributed by atoms with Crippen LogP contribution in [0.2, 0.25) is 0 Å². The molecule has 0 unspecified atom stereocenters. The van der Waals surface area contributed by atoms with E-state index >= 15 is 0 Å². The van der Waals surface area contributed by atoms with Gasteiger partial charge in [0.1, 0.15) is 5.75 Å². The number of aromatic hydroxyl groups is 1. The zero-order valence-electron chi connectivity index (χ0n) is 16.5. The molecule has 0 aliphatic heterocycles. The lowest BCUT2D eigenvalue weighted by molar-refractivity contribution is 0.213. The van der Waals surface area contributed by atoms with Crippen molar-refractivity contribution in [2.75, 3.05) is 6.54 Å². The molecule has 0 aliphatic carbocycles. The van der Waals surface area contributed by atoms with Crippen LogP contribution in [0.25, 0.3) is 0 Å². The normalized spacial score (nSPS) is 13.2. The Balaban J connectivity index is 1.77. The van der Waals surface area contributed by atoms with Crippen molar-refractivity contribution in [1.29, 1.82) is 0 Å². The van der Waals surface area contributed by atoms with Crippen LogP contribution in [0.15, 0.2) is 97.6 Å². The molecule has 3 aromatic rings. The van der Waals surface area contributed by atoms with Gasteiger partial charge in [-0.15, -0.1) is 6.58 Å². The van der Waals surface area contributed by atoms with E-state index in [1.807, 2.05) is 18.2 Å². The highest BCUT2D eigenvalue weighted by molar-refractivity contribution is 5.32. The highest BCUT2D eigenvalue weighted by Crippen LogP contribution is 2.29. The van der Waals surface area contributed by atoms with Gasteiger partial charge in [-0.25, -0.2) is 0 Å². The average Bonchev–Trinajstić information content (AvgIpc) is 2.70. The van der Waals surface area contributed by atoms with Gasteiger partial charge in [-0.2, -0.15) is 0 Å². The van der Waals surface area contributed by atoms with Crippen LogP contribution in [0.3, 0.4) is 0 Å². The van der Waals surface area contributed by atoms with Crippen LogP contribution in [-0.4, -0.2) is 16.6 Å². The third-order valence-corrected chi connectivity index (χ3v) is 5.17. The summed E-state index contributed by atoms with van der Waals surface area (Å²) in [5, 5.41) is 9.87. The fourth-order valence-electron chi connectivity index (χ4n) is 3.82. The van der Waals surface area contributed by atoms with Crippen LogP contribution in [0.1, 0.15) is 29.5 Å². The summed E-state index contributed by atoms with van der Waals surface area (Å²) in [7, 11) is 0. The molecule has 3 aromatic carbocycles. The lowest BCUT2D eigenvalue weighted by Crippen LogP contribution is -2.30. The summed E-state index contributed by atoms with van der Waals surface area (Å²) in [6, 6.07) is 28.8. The number of allylic oxidation sites excluding steroid dienone is 1. The van der Waals surface area contributed by atoms with Gasteiger partial charge >= 0.3 is 0 Å². The molecule has 3 rings (SSSR count). The monoisotopic (exact) mass is 371 g/mol. The first kappa shape index (κ1) is 19.9. The van der Waals surface area contributed by atoms with Gasteiger partial charge in [0.05, 0.1) is 0 Å². The van der Waals surface area contributed by atoms with E-state index in [1.54, 1.807) is 6.07 Å². The number of rotatable bonds is 9. The van der Waals surface area contributed by atoms with Crippen molar-refractivity contribution in [2.24, 2.45) is 5.92 Å². The molecule has 144 valence electrons. The molecule has 0 aliphatic rings. The van der Waals surface area contributed by atoms with E-state index < -0.39 is 0 Å². The predicted octanol–water partition coefficient (Wildman–Crippen LogP) is 6.00. The third-order valence-electron chi connectivity index (χ3n) is 5.17. The number of hydrogen-bond acceptors (Lipinski definition) is 2. The zero-order valence-corrected chi connectivity index (χ0v) is 16.5. The van der Waals surface area contributed by atoms with Gasteiger partial charge in [0.2, 0.25) is 0 Å². The minimum atomic E-state index is 0.196. The van der Waals surface area contributed by atoms with E-state index in [9.17, 15) is 5.11 Å². The Labute approximate surface area is 168 Å². The van der Waals surface area contributed by atoms with Gasteiger partial charge in [0.15, 0.2) is 0 Å². The molecule has 0 aromatic heterocycles. The molecule has 0 radical (unpaired) electrons. The average molecular weight is 372 g/mol. The quantitative estimate of drug-likeness (QED) is 0.466. The molecule has 2 heteroatoms. The molecular formula is C26H29NO. The van der Waals surface area contributed by atoms with E-state index in [2.05, 4.69) is 85.1 Å². The summed E-state index contributed by atoms with van der Waals surface area (Å²) in [6.45, 7) is 9.08. The molecule has 1 N–H and O–H groups in total. The summed E-state index contributed by atoms with van der Waals surface area (Å²) in [5.41, 5.74) is 3.75. The Morgan fingerprint density at radius 1 is 0.857 bits per heavy atom. The van der Waals surface area contributed by atoms with Gasteiger partial charge in [0.25, 0.3) is 0 Å². The number of nitrogens with zero attached hydrogens (tertiary/aromatic N) is 1. The van der Waals surface area contributed by atoms with E-state index in [1.165, 1.54) is 11.1 Å². The highest BCUT2D eigenvalue weighted by Gasteiger charge is 2.20. The van der Waals surface area contributed by atoms with Crippen molar-refractivity contribution in [1.82, 2.24) is 4.90 Å². The molecule has 0 saturated carbocycles. The molecule has 0 fully saturated rings. The molecule has 2 atom stereocenters. The molecular weight excluding hydrogens is 342 g/mol. The molecule has 28 heavy (non-hydrogen) atoms. The Morgan fingerprint density at radius 2 is 1.43 bits per heavy atom. The fourth-order valence-corrected chi connectivity index (χ4v) is 3.82. The van der Waals surface area contributed by atoms with Crippen LogP contribution in [0.4, 0.5) is 0 Å². The van der Waals surface area contributed by atoms with Crippen LogP contribution in [0.5, 0.6) is 5.75 Å². The Hall–Kier alpha value is -2.84. The summed E-state index contributed by atoms with van der Waals surface area (Å²) in [4.78, 5) is 2.49. The van der Waals surface area contributed by atoms with Crippen molar-refractivity contribution in [3.05, 3.63) is 114 Å². The Bertz CT molecular complexity index is 818. The summed E-state index contributed by atoms with van der Waals surface area (Å²) < 4.78 is 0. The van der Waals surface area contributed by atoms with Gasteiger partial charge in [0, 0.05) is 25.6 Å². The summed E-state index contributed by atoms with van der Waals surface area (Å²) in [6.07, 6.45) is 2.00.